The molecular weight excluding hydrogens is 230 g/mol. The summed E-state index contributed by atoms with van der Waals surface area (Å²) in [6.07, 6.45) is 11.2. The fourth-order valence-electron chi connectivity index (χ4n) is 3.47. The highest BCUT2D eigenvalue weighted by atomic mass is 14.9. The molecule has 1 aliphatic carbocycles. The summed E-state index contributed by atoms with van der Waals surface area (Å²) in [4.78, 5) is 0. The van der Waals surface area contributed by atoms with Crippen LogP contribution in [0, 0.1) is 12.8 Å². The van der Waals surface area contributed by atoms with Gasteiger partial charge in [0.15, 0.2) is 0 Å². The lowest BCUT2D eigenvalue weighted by atomic mass is 9.83. The first-order valence-corrected chi connectivity index (χ1v) is 8.03. The molecule has 2 rings (SSSR count). The van der Waals surface area contributed by atoms with E-state index in [1.807, 2.05) is 0 Å². The van der Waals surface area contributed by atoms with Gasteiger partial charge < -0.3 is 5.32 Å². The van der Waals surface area contributed by atoms with Gasteiger partial charge in [-0.2, -0.15) is 0 Å². The smallest absolute Gasteiger partial charge is 0.0133 e. The van der Waals surface area contributed by atoms with Gasteiger partial charge in [-0.1, -0.05) is 56.4 Å². The second-order valence-electron chi connectivity index (χ2n) is 6.13. The van der Waals surface area contributed by atoms with E-state index in [0.29, 0.717) is 6.04 Å². The van der Waals surface area contributed by atoms with Crippen LogP contribution in [0.25, 0.3) is 0 Å². The Bertz CT molecular complexity index is 364. The first kappa shape index (κ1) is 14.6. The average molecular weight is 259 g/mol. The molecule has 0 aromatic heterocycles. The molecule has 1 atom stereocenters. The minimum absolute atomic E-state index is 0.652. The van der Waals surface area contributed by atoms with Gasteiger partial charge in [0.1, 0.15) is 0 Å². The lowest BCUT2D eigenvalue weighted by Gasteiger charge is -2.29. The van der Waals surface area contributed by atoms with E-state index in [-0.39, 0.29) is 0 Å². The van der Waals surface area contributed by atoms with Crippen molar-refractivity contribution in [2.75, 3.05) is 7.05 Å². The van der Waals surface area contributed by atoms with Crippen LogP contribution in [0.3, 0.4) is 0 Å². The summed E-state index contributed by atoms with van der Waals surface area (Å²) < 4.78 is 0. The Kier molecular flexibility index (Phi) is 5.91. The van der Waals surface area contributed by atoms with Crippen molar-refractivity contribution in [3.05, 3.63) is 35.4 Å². The molecule has 0 radical (unpaired) electrons. The Morgan fingerprint density at radius 2 is 1.68 bits per heavy atom. The summed E-state index contributed by atoms with van der Waals surface area (Å²) in [7, 11) is 2.14. The van der Waals surface area contributed by atoms with Crippen molar-refractivity contribution >= 4 is 0 Å². The SMILES string of the molecule is CNC(Cc1ccccc1C)C1CCCCCCC1. The second kappa shape index (κ2) is 7.69. The highest BCUT2D eigenvalue weighted by molar-refractivity contribution is 5.26. The van der Waals surface area contributed by atoms with E-state index < -0.39 is 0 Å². The molecule has 0 spiro atoms. The largest absolute Gasteiger partial charge is 0.316 e. The molecule has 0 heterocycles. The highest BCUT2D eigenvalue weighted by Gasteiger charge is 2.21. The Labute approximate surface area is 118 Å². The molecule has 1 heteroatoms. The molecule has 1 N–H and O–H groups in total. The minimum Gasteiger partial charge on any atom is -0.316 e. The molecule has 1 unspecified atom stereocenters. The number of nitrogens with one attached hydrogen (secondary N) is 1. The molecule has 0 saturated heterocycles. The molecule has 1 saturated carbocycles. The number of hydrogen-bond acceptors (Lipinski definition) is 1. The molecule has 0 aliphatic heterocycles. The maximum Gasteiger partial charge on any atom is 0.0133 e. The summed E-state index contributed by atoms with van der Waals surface area (Å²) >= 11 is 0. The van der Waals surface area contributed by atoms with Gasteiger partial charge in [0.05, 0.1) is 0 Å². The summed E-state index contributed by atoms with van der Waals surface area (Å²) in [5.41, 5.74) is 2.96. The number of rotatable bonds is 4. The van der Waals surface area contributed by atoms with Gasteiger partial charge in [-0.05, 0) is 50.3 Å². The molecular formula is C18H29N. The van der Waals surface area contributed by atoms with Crippen molar-refractivity contribution in [2.45, 2.75) is 64.3 Å². The standard InChI is InChI=1S/C18H29N/c1-15-10-8-9-13-17(15)14-18(19-2)16-11-6-4-3-5-7-12-16/h8-10,13,16,18-19H,3-7,11-12,14H2,1-2H3. The number of aryl methyl sites for hydroxylation is 1. The Morgan fingerprint density at radius 3 is 2.32 bits per heavy atom. The molecule has 106 valence electrons. The Hall–Kier alpha value is -0.820. The first-order valence-electron chi connectivity index (χ1n) is 8.03. The van der Waals surface area contributed by atoms with Crippen LogP contribution in [0.15, 0.2) is 24.3 Å². The van der Waals surface area contributed by atoms with Crippen LogP contribution in [-0.2, 0) is 6.42 Å². The van der Waals surface area contributed by atoms with Crippen molar-refractivity contribution in [3.8, 4) is 0 Å². The van der Waals surface area contributed by atoms with E-state index in [1.165, 1.54) is 62.5 Å². The molecule has 1 fully saturated rings. The van der Waals surface area contributed by atoms with Crippen molar-refractivity contribution in [2.24, 2.45) is 5.92 Å². The van der Waals surface area contributed by atoms with Crippen LogP contribution in [0.4, 0.5) is 0 Å². The van der Waals surface area contributed by atoms with Gasteiger partial charge in [-0.25, -0.2) is 0 Å². The Morgan fingerprint density at radius 1 is 1.05 bits per heavy atom. The lowest BCUT2D eigenvalue weighted by molar-refractivity contribution is 0.293. The zero-order valence-corrected chi connectivity index (χ0v) is 12.6. The van der Waals surface area contributed by atoms with Gasteiger partial charge in [-0.15, -0.1) is 0 Å². The zero-order chi connectivity index (χ0) is 13.5. The topological polar surface area (TPSA) is 12.0 Å². The van der Waals surface area contributed by atoms with E-state index in [9.17, 15) is 0 Å². The van der Waals surface area contributed by atoms with Crippen LogP contribution in [0.2, 0.25) is 0 Å². The van der Waals surface area contributed by atoms with Crippen molar-refractivity contribution in [1.82, 2.24) is 5.32 Å². The average Bonchev–Trinajstić information content (AvgIpc) is 2.38. The normalized spacial score (nSPS) is 19.7. The van der Waals surface area contributed by atoms with E-state index in [0.717, 1.165) is 5.92 Å². The molecule has 1 nitrogen and oxygen atoms in total. The summed E-state index contributed by atoms with van der Waals surface area (Å²) in [5, 5.41) is 3.60. The number of likely N-dealkylation sites (N-methyl/N-ethyl adjacent to an activating group) is 1. The van der Waals surface area contributed by atoms with Gasteiger partial charge in [0, 0.05) is 6.04 Å². The molecule has 0 bridgehead atoms. The zero-order valence-electron chi connectivity index (χ0n) is 12.6. The van der Waals surface area contributed by atoms with Gasteiger partial charge >= 0.3 is 0 Å². The van der Waals surface area contributed by atoms with Crippen molar-refractivity contribution in [1.29, 1.82) is 0 Å². The van der Waals surface area contributed by atoms with E-state index in [4.69, 9.17) is 0 Å². The number of hydrogen-bond donors (Lipinski definition) is 1. The molecule has 1 aromatic rings. The predicted molar refractivity (Wildman–Crippen MR) is 83.5 cm³/mol. The maximum absolute atomic E-state index is 3.60. The summed E-state index contributed by atoms with van der Waals surface area (Å²) in [6.45, 7) is 2.24. The van der Waals surface area contributed by atoms with Gasteiger partial charge in [-0.3, -0.25) is 0 Å². The van der Waals surface area contributed by atoms with Crippen LogP contribution in [0.1, 0.15) is 56.1 Å². The molecule has 0 amide bonds. The van der Waals surface area contributed by atoms with Gasteiger partial charge in [0.2, 0.25) is 0 Å². The maximum atomic E-state index is 3.60. The third-order valence-corrected chi connectivity index (χ3v) is 4.79. The van der Waals surface area contributed by atoms with Crippen LogP contribution >= 0.6 is 0 Å². The van der Waals surface area contributed by atoms with Gasteiger partial charge in [0.25, 0.3) is 0 Å². The van der Waals surface area contributed by atoms with E-state index in [1.54, 1.807) is 0 Å². The van der Waals surface area contributed by atoms with Crippen LogP contribution in [0.5, 0.6) is 0 Å². The summed E-state index contributed by atoms with van der Waals surface area (Å²) in [5.74, 6) is 0.866. The molecule has 19 heavy (non-hydrogen) atoms. The third kappa shape index (κ3) is 4.35. The Balaban J connectivity index is 2.00. The lowest BCUT2D eigenvalue weighted by Crippen LogP contribution is -2.36. The summed E-state index contributed by atoms with van der Waals surface area (Å²) in [6, 6.07) is 9.50. The highest BCUT2D eigenvalue weighted by Crippen LogP contribution is 2.27. The third-order valence-electron chi connectivity index (χ3n) is 4.79. The van der Waals surface area contributed by atoms with E-state index >= 15 is 0 Å². The first-order chi connectivity index (χ1) is 9.31. The molecule has 1 aliphatic rings. The fraction of sp³-hybridized carbons (Fsp3) is 0.667. The quantitative estimate of drug-likeness (QED) is 0.840. The van der Waals surface area contributed by atoms with Crippen molar-refractivity contribution < 1.29 is 0 Å². The van der Waals surface area contributed by atoms with Crippen LogP contribution in [-0.4, -0.2) is 13.1 Å². The van der Waals surface area contributed by atoms with Crippen LogP contribution < -0.4 is 5.32 Å². The minimum atomic E-state index is 0.652. The van der Waals surface area contributed by atoms with Crippen molar-refractivity contribution in [3.63, 3.8) is 0 Å². The van der Waals surface area contributed by atoms with E-state index in [2.05, 4.69) is 43.6 Å². The monoisotopic (exact) mass is 259 g/mol. The predicted octanol–water partition coefficient (Wildman–Crippen LogP) is 4.49. The molecule has 1 aromatic carbocycles. The number of benzene rings is 1. The second-order valence-corrected chi connectivity index (χ2v) is 6.13. The fourth-order valence-corrected chi connectivity index (χ4v) is 3.47.